The summed E-state index contributed by atoms with van der Waals surface area (Å²) in [5, 5.41) is 27.7. The molecule has 0 atom stereocenters. The number of hydrogen-bond acceptors (Lipinski definition) is 9. The average molecular weight is 452 g/mol. The van der Waals surface area contributed by atoms with Gasteiger partial charge >= 0.3 is 11.9 Å². The molecule has 0 saturated heterocycles. The van der Waals surface area contributed by atoms with Gasteiger partial charge in [-0.2, -0.15) is 10.4 Å². The summed E-state index contributed by atoms with van der Waals surface area (Å²) < 4.78 is 10.9. The van der Waals surface area contributed by atoms with Crippen LogP contribution in [0.4, 0.5) is 11.4 Å². The number of aromatic hydroxyl groups is 1. The second kappa shape index (κ2) is 11.4. The number of carbonyl (C=O) groups excluding carboxylic acids is 2. The highest BCUT2D eigenvalue weighted by atomic mass is 16.5. The third-order valence-electron chi connectivity index (χ3n) is 4.41. The lowest BCUT2D eigenvalue weighted by Gasteiger charge is -2.12. The molecule has 0 spiro atoms. The van der Waals surface area contributed by atoms with Crippen LogP contribution in [0.5, 0.6) is 5.88 Å². The minimum absolute atomic E-state index is 0.150. The quantitative estimate of drug-likeness (QED) is 0.347. The van der Waals surface area contributed by atoms with Crippen molar-refractivity contribution in [2.45, 2.75) is 27.3 Å². The molecule has 0 aliphatic heterocycles. The second-order valence-corrected chi connectivity index (χ2v) is 7.35. The number of pyridine rings is 1. The number of hydrogen-bond donors (Lipinski definition) is 1. The molecule has 1 N–H and O–H groups in total. The van der Waals surface area contributed by atoms with Gasteiger partial charge in [0.25, 0.3) is 5.56 Å². The van der Waals surface area contributed by atoms with Gasteiger partial charge in [-0.3, -0.25) is 9.36 Å². The van der Waals surface area contributed by atoms with Crippen LogP contribution >= 0.6 is 0 Å². The largest absolute Gasteiger partial charge is 0.493 e. The zero-order chi connectivity index (χ0) is 24.5. The van der Waals surface area contributed by atoms with E-state index in [1.807, 2.05) is 19.9 Å². The lowest BCUT2D eigenvalue weighted by atomic mass is 10.1. The first-order valence-electron chi connectivity index (χ1n) is 10.0. The molecule has 10 heteroatoms. The number of ether oxygens (including phenoxy) is 2. The molecule has 2 rings (SSSR count). The first kappa shape index (κ1) is 25.0. The van der Waals surface area contributed by atoms with E-state index in [-0.39, 0.29) is 35.9 Å². The van der Waals surface area contributed by atoms with Crippen LogP contribution in [0.2, 0.25) is 0 Å². The molecule has 0 amide bonds. The zero-order valence-electron chi connectivity index (χ0n) is 18.6. The Balaban J connectivity index is 2.30. The van der Waals surface area contributed by atoms with Crippen molar-refractivity contribution in [3.05, 3.63) is 64.0 Å². The Morgan fingerprint density at radius 2 is 1.91 bits per heavy atom. The molecule has 1 aromatic carbocycles. The Bertz CT molecular complexity index is 1170. The SMILES string of the molecule is C=CC(=O)OCCn1c(O)c(C#N)c(C)c(N=Nc2ccc(C(=O)OCC(C)C)cc2)c1=O. The molecule has 1 aromatic heterocycles. The van der Waals surface area contributed by atoms with Gasteiger partial charge in [0.15, 0.2) is 5.69 Å². The summed E-state index contributed by atoms with van der Waals surface area (Å²) >= 11 is 0. The lowest BCUT2D eigenvalue weighted by Crippen LogP contribution is -2.24. The maximum absolute atomic E-state index is 12.8. The maximum atomic E-state index is 12.8. The highest BCUT2D eigenvalue weighted by molar-refractivity contribution is 5.89. The molecule has 1 heterocycles. The van der Waals surface area contributed by atoms with Gasteiger partial charge in [-0.1, -0.05) is 20.4 Å². The number of carbonyl (C=O) groups is 2. The zero-order valence-corrected chi connectivity index (χ0v) is 18.6. The van der Waals surface area contributed by atoms with Gasteiger partial charge in [0, 0.05) is 11.6 Å². The van der Waals surface area contributed by atoms with Crippen LogP contribution < -0.4 is 5.56 Å². The fraction of sp³-hybridized carbons (Fsp3) is 0.304. The van der Waals surface area contributed by atoms with E-state index >= 15 is 0 Å². The molecule has 0 bridgehead atoms. The van der Waals surface area contributed by atoms with Crippen LogP contribution in [0.1, 0.15) is 35.3 Å². The van der Waals surface area contributed by atoms with E-state index in [1.165, 1.54) is 31.2 Å². The van der Waals surface area contributed by atoms with Gasteiger partial charge in [0.05, 0.1) is 24.4 Å². The number of azo groups is 1. The fourth-order valence-electron chi connectivity index (χ4n) is 2.66. The summed E-state index contributed by atoms with van der Waals surface area (Å²) in [6.45, 7) is 8.48. The summed E-state index contributed by atoms with van der Waals surface area (Å²) in [7, 11) is 0. The summed E-state index contributed by atoms with van der Waals surface area (Å²) in [6.07, 6.45) is 0.966. The molecule has 10 nitrogen and oxygen atoms in total. The number of aromatic nitrogens is 1. The van der Waals surface area contributed by atoms with Crippen molar-refractivity contribution in [3.8, 4) is 11.9 Å². The standard InChI is InChI=1S/C23H24N4O6/c1-5-19(28)32-11-10-27-21(29)18(12-24)15(4)20(22(27)30)26-25-17-8-6-16(7-9-17)23(31)33-13-14(2)3/h5-9,14,29H,1,10-11,13H2,2-4H3. The summed E-state index contributed by atoms with van der Waals surface area (Å²) in [5.74, 6) is -1.49. The number of nitriles is 1. The first-order valence-corrected chi connectivity index (χ1v) is 10.0. The van der Waals surface area contributed by atoms with E-state index in [9.17, 15) is 24.8 Å². The highest BCUT2D eigenvalue weighted by Crippen LogP contribution is 2.27. The van der Waals surface area contributed by atoms with E-state index < -0.39 is 23.4 Å². The van der Waals surface area contributed by atoms with E-state index in [0.29, 0.717) is 17.9 Å². The topological polar surface area (TPSA) is 143 Å². The Hall–Kier alpha value is -4.26. The van der Waals surface area contributed by atoms with E-state index in [1.54, 1.807) is 0 Å². The van der Waals surface area contributed by atoms with Crippen LogP contribution in [0, 0.1) is 24.2 Å². The first-order chi connectivity index (χ1) is 15.7. The smallest absolute Gasteiger partial charge is 0.338 e. The van der Waals surface area contributed by atoms with Crippen molar-refractivity contribution < 1.29 is 24.2 Å². The number of benzene rings is 1. The minimum atomic E-state index is -0.712. The Morgan fingerprint density at radius 3 is 2.48 bits per heavy atom. The van der Waals surface area contributed by atoms with E-state index in [0.717, 1.165) is 10.6 Å². The molecule has 0 unspecified atom stereocenters. The normalized spacial score (nSPS) is 10.8. The van der Waals surface area contributed by atoms with Crippen molar-refractivity contribution in [1.82, 2.24) is 4.57 Å². The van der Waals surface area contributed by atoms with Gasteiger partial charge in [0.1, 0.15) is 18.2 Å². The van der Waals surface area contributed by atoms with Crippen LogP contribution in [0.15, 0.2) is 51.9 Å². The van der Waals surface area contributed by atoms with Gasteiger partial charge in [-0.05, 0) is 37.1 Å². The fourth-order valence-corrected chi connectivity index (χ4v) is 2.66. The highest BCUT2D eigenvalue weighted by Gasteiger charge is 2.19. The van der Waals surface area contributed by atoms with Crippen molar-refractivity contribution in [2.75, 3.05) is 13.2 Å². The monoisotopic (exact) mass is 452 g/mol. The summed E-state index contributed by atoms with van der Waals surface area (Å²) in [5.41, 5.74) is -0.166. The Morgan fingerprint density at radius 1 is 1.24 bits per heavy atom. The van der Waals surface area contributed by atoms with Gasteiger partial charge < -0.3 is 14.6 Å². The second-order valence-electron chi connectivity index (χ2n) is 7.35. The average Bonchev–Trinajstić information content (AvgIpc) is 2.80. The minimum Gasteiger partial charge on any atom is -0.493 e. The van der Waals surface area contributed by atoms with Crippen molar-refractivity contribution in [2.24, 2.45) is 16.1 Å². The summed E-state index contributed by atoms with van der Waals surface area (Å²) in [4.78, 5) is 36.0. The maximum Gasteiger partial charge on any atom is 0.338 e. The predicted octanol–water partition coefficient (Wildman–Crippen LogP) is 3.69. The van der Waals surface area contributed by atoms with Crippen molar-refractivity contribution in [3.63, 3.8) is 0 Å². The van der Waals surface area contributed by atoms with Gasteiger partial charge in [-0.15, -0.1) is 5.11 Å². The molecular weight excluding hydrogens is 428 g/mol. The third kappa shape index (κ3) is 6.36. The van der Waals surface area contributed by atoms with Crippen LogP contribution in [-0.4, -0.2) is 34.8 Å². The van der Waals surface area contributed by atoms with Crippen LogP contribution in [-0.2, 0) is 20.8 Å². The van der Waals surface area contributed by atoms with Crippen molar-refractivity contribution >= 4 is 23.3 Å². The molecule has 0 aliphatic carbocycles. The molecule has 0 saturated carbocycles. The molecule has 2 aromatic rings. The van der Waals surface area contributed by atoms with E-state index in [4.69, 9.17) is 9.47 Å². The van der Waals surface area contributed by atoms with Crippen LogP contribution in [0.3, 0.4) is 0 Å². The summed E-state index contributed by atoms with van der Waals surface area (Å²) in [6, 6.07) is 7.94. The third-order valence-corrected chi connectivity index (χ3v) is 4.41. The lowest BCUT2D eigenvalue weighted by molar-refractivity contribution is -0.138. The predicted molar refractivity (Wildman–Crippen MR) is 119 cm³/mol. The van der Waals surface area contributed by atoms with Gasteiger partial charge in [0.2, 0.25) is 5.88 Å². The molecule has 33 heavy (non-hydrogen) atoms. The van der Waals surface area contributed by atoms with Gasteiger partial charge in [-0.25, -0.2) is 9.59 Å². The van der Waals surface area contributed by atoms with E-state index in [2.05, 4.69) is 16.8 Å². The molecule has 0 aliphatic rings. The number of esters is 2. The molecule has 172 valence electrons. The molecule has 0 fully saturated rings. The Kier molecular flexibility index (Phi) is 8.63. The van der Waals surface area contributed by atoms with Crippen LogP contribution in [0.25, 0.3) is 0 Å². The number of nitrogens with zero attached hydrogens (tertiary/aromatic N) is 4. The molecule has 0 radical (unpaired) electrons. The van der Waals surface area contributed by atoms with Crippen molar-refractivity contribution in [1.29, 1.82) is 5.26 Å². The number of rotatable bonds is 9. The molecular formula is C23H24N4O6. The Labute approximate surface area is 190 Å².